The summed E-state index contributed by atoms with van der Waals surface area (Å²) in [5.74, 6) is 1.48. The summed E-state index contributed by atoms with van der Waals surface area (Å²) in [6, 6.07) is 0. The van der Waals surface area contributed by atoms with E-state index < -0.39 is 0 Å². The summed E-state index contributed by atoms with van der Waals surface area (Å²) in [6.07, 6.45) is 3.33. The lowest BCUT2D eigenvalue weighted by molar-refractivity contribution is 0.0804. The predicted octanol–water partition coefficient (Wildman–Crippen LogP) is 1.80. The minimum absolute atomic E-state index is 0.0104. The zero-order valence-electron chi connectivity index (χ0n) is 6.30. The van der Waals surface area contributed by atoms with E-state index in [9.17, 15) is 5.11 Å². The third-order valence-corrected chi connectivity index (χ3v) is 2.15. The van der Waals surface area contributed by atoms with Crippen LogP contribution in [-0.2, 0) is 0 Å². The van der Waals surface area contributed by atoms with E-state index in [0.717, 1.165) is 24.7 Å². The standard InChI is InChI=1S/C8H16O/c1-6-3-7(2)5-8(9)4-6/h6-9H,3-5H2,1-2H3/t6-,7-/m0/s1. The Kier molecular flexibility index (Phi) is 2.12. The Balaban J connectivity index is 2.34. The fourth-order valence-electron chi connectivity index (χ4n) is 1.90. The van der Waals surface area contributed by atoms with E-state index in [2.05, 4.69) is 13.8 Å². The van der Waals surface area contributed by atoms with E-state index in [0.29, 0.717) is 0 Å². The van der Waals surface area contributed by atoms with Crippen molar-refractivity contribution in [2.75, 3.05) is 0 Å². The maximum Gasteiger partial charge on any atom is 0.0545 e. The third-order valence-electron chi connectivity index (χ3n) is 2.15. The first kappa shape index (κ1) is 7.07. The van der Waals surface area contributed by atoms with Crippen LogP contribution in [0.4, 0.5) is 0 Å². The maximum absolute atomic E-state index is 9.25. The smallest absolute Gasteiger partial charge is 0.0545 e. The lowest BCUT2D eigenvalue weighted by Crippen LogP contribution is -2.22. The van der Waals surface area contributed by atoms with Gasteiger partial charge in [0.15, 0.2) is 0 Å². The quantitative estimate of drug-likeness (QED) is 0.527. The molecule has 1 nitrogen and oxygen atoms in total. The van der Waals surface area contributed by atoms with Gasteiger partial charge in [0.1, 0.15) is 0 Å². The van der Waals surface area contributed by atoms with Gasteiger partial charge in [-0.3, -0.25) is 0 Å². The Morgan fingerprint density at radius 3 is 1.78 bits per heavy atom. The first-order valence-corrected chi connectivity index (χ1v) is 3.86. The van der Waals surface area contributed by atoms with Crippen molar-refractivity contribution in [3.63, 3.8) is 0 Å². The van der Waals surface area contributed by atoms with Crippen molar-refractivity contribution in [3.8, 4) is 0 Å². The van der Waals surface area contributed by atoms with Crippen molar-refractivity contribution in [2.24, 2.45) is 11.8 Å². The van der Waals surface area contributed by atoms with Crippen molar-refractivity contribution in [2.45, 2.75) is 39.2 Å². The second-order valence-electron chi connectivity index (χ2n) is 3.57. The lowest BCUT2D eigenvalue weighted by atomic mass is 9.82. The van der Waals surface area contributed by atoms with Gasteiger partial charge in [0.2, 0.25) is 0 Å². The van der Waals surface area contributed by atoms with E-state index in [1.165, 1.54) is 6.42 Å². The maximum atomic E-state index is 9.25. The Morgan fingerprint density at radius 2 is 1.44 bits per heavy atom. The molecular formula is C8H16O. The fourth-order valence-corrected chi connectivity index (χ4v) is 1.90. The van der Waals surface area contributed by atoms with Crippen LogP contribution in [0.3, 0.4) is 0 Å². The fraction of sp³-hybridized carbons (Fsp3) is 1.00. The van der Waals surface area contributed by atoms with Crippen molar-refractivity contribution < 1.29 is 5.11 Å². The first-order chi connectivity index (χ1) is 4.18. The third kappa shape index (κ3) is 1.98. The van der Waals surface area contributed by atoms with Gasteiger partial charge in [-0.05, 0) is 31.1 Å². The van der Waals surface area contributed by atoms with Gasteiger partial charge in [0.25, 0.3) is 0 Å². The summed E-state index contributed by atoms with van der Waals surface area (Å²) in [5.41, 5.74) is 0. The zero-order chi connectivity index (χ0) is 6.85. The molecule has 0 aliphatic heterocycles. The largest absolute Gasteiger partial charge is 0.393 e. The molecule has 0 aromatic rings. The molecule has 9 heavy (non-hydrogen) atoms. The molecule has 0 radical (unpaired) electrons. The minimum Gasteiger partial charge on any atom is -0.393 e. The summed E-state index contributed by atoms with van der Waals surface area (Å²) in [5, 5.41) is 9.25. The van der Waals surface area contributed by atoms with Gasteiger partial charge in [-0.2, -0.15) is 0 Å². The molecule has 1 aliphatic carbocycles. The van der Waals surface area contributed by atoms with Gasteiger partial charge in [-0.25, -0.2) is 0 Å². The van der Waals surface area contributed by atoms with E-state index >= 15 is 0 Å². The lowest BCUT2D eigenvalue weighted by Gasteiger charge is -2.27. The molecule has 0 bridgehead atoms. The molecule has 0 aromatic carbocycles. The summed E-state index contributed by atoms with van der Waals surface area (Å²) in [7, 11) is 0. The van der Waals surface area contributed by atoms with Crippen LogP contribution in [0.1, 0.15) is 33.1 Å². The number of hydrogen-bond donors (Lipinski definition) is 1. The van der Waals surface area contributed by atoms with Crippen LogP contribution in [0.25, 0.3) is 0 Å². The van der Waals surface area contributed by atoms with Crippen molar-refractivity contribution >= 4 is 0 Å². The molecule has 0 saturated heterocycles. The van der Waals surface area contributed by atoms with Gasteiger partial charge in [0.05, 0.1) is 6.10 Å². The molecule has 0 heterocycles. The van der Waals surface area contributed by atoms with Gasteiger partial charge in [-0.15, -0.1) is 0 Å². The van der Waals surface area contributed by atoms with E-state index in [1.54, 1.807) is 0 Å². The molecule has 0 spiro atoms. The Morgan fingerprint density at radius 1 is 1.00 bits per heavy atom. The van der Waals surface area contributed by atoms with Gasteiger partial charge in [-0.1, -0.05) is 13.8 Å². The monoisotopic (exact) mass is 128 g/mol. The molecule has 0 unspecified atom stereocenters. The highest BCUT2D eigenvalue weighted by molar-refractivity contribution is 4.73. The highest BCUT2D eigenvalue weighted by Gasteiger charge is 2.21. The van der Waals surface area contributed by atoms with Gasteiger partial charge >= 0.3 is 0 Å². The van der Waals surface area contributed by atoms with Crippen LogP contribution < -0.4 is 0 Å². The van der Waals surface area contributed by atoms with E-state index in [-0.39, 0.29) is 6.10 Å². The average Bonchev–Trinajstić information content (AvgIpc) is 1.59. The number of hydrogen-bond acceptors (Lipinski definition) is 1. The van der Waals surface area contributed by atoms with Crippen molar-refractivity contribution in [3.05, 3.63) is 0 Å². The van der Waals surface area contributed by atoms with E-state index in [4.69, 9.17) is 0 Å². The molecule has 0 aromatic heterocycles. The zero-order valence-corrected chi connectivity index (χ0v) is 6.30. The van der Waals surface area contributed by atoms with Gasteiger partial charge < -0.3 is 5.11 Å². The van der Waals surface area contributed by atoms with Crippen molar-refractivity contribution in [1.29, 1.82) is 0 Å². The van der Waals surface area contributed by atoms with Crippen LogP contribution in [-0.4, -0.2) is 11.2 Å². The van der Waals surface area contributed by atoms with Gasteiger partial charge in [0, 0.05) is 0 Å². The second kappa shape index (κ2) is 2.70. The topological polar surface area (TPSA) is 20.2 Å². The molecule has 1 rings (SSSR count). The molecule has 1 aliphatic rings. The Bertz CT molecular complexity index is 65.5. The Hall–Kier alpha value is -0.0400. The summed E-state index contributed by atoms with van der Waals surface area (Å²) in [6.45, 7) is 4.44. The number of aliphatic hydroxyl groups excluding tert-OH is 1. The first-order valence-electron chi connectivity index (χ1n) is 3.86. The van der Waals surface area contributed by atoms with Crippen LogP contribution in [0.15, 0.2) is 0 Å². The summed E-state index contributed by atoms with van der Waals surface area (Å²) in [4.78, 5) is 0. The highest BCUT2D eigenvalue weighted by atomic mass is 16.3. The minimum atomic E-state index is -0.0104. The van der Waals surface area contributed by atoms with Crippen LogP contribution in [0.5, 0.6) is 0 Å². The normalized spacial score (nSPS) is 45.0. The average molecular weight is 128 g/mol. The van der Waals surface area contributed by atoms with Crippen LogP contribution in [0.2, 0.25) is 0 Å². The molecule has 1 saturated carbocycles. The molecule has 1 N–H and O–H groups in total. The molecule has 2 atom stereocenters. The molecule has 1 heteroatoms. The molecule has 1 fully saturated rings. The Labute approximate surface area is 57.1 Å². The van der Waals surface area contributed by atoms with Crippen LogP contribution in [0, 0.1) is 11.8 Å². The molecule has 0 amide bonds. The predicted molar refractivity (Wildman–Crippen MR) is 38.2 cm³/mol. The van der Waals surface area contributed by atoms with E-state index in [1.807, 2.05) is 0 Å². The second-order valence-corrected chi connectivity index (χ2v) is 3.57. The molecular weight excluding hydrogens is 112 g/mol. The van der Waals surface area contributed by atoms with Crippen molar-refractivity contribution in [1.82, 2.24) is 0 Å². The summed E-state index contributed by atoms with van der Waals surface area (Å²) < 4.78 is 0. The SMILES string of the molecule is C[C@@H]1CC(O)C[C@@H](C)C1. The highest BCUT2D eigenvalue weighted by Crippen LogP contribution is 2.27. The molecule has 54 valence electrons. The van der Waals surface area contributed by atoms with Crippen LogP contribution >= 0.6 is 0 Å². The number of aliphatic hydroxyl groups is 1. The summed E-state index contributed by atoms with van der Waals surface area (Å²) >= 11 is 0. The number of rotatable bonds is 0.